The number of aryl methyl sites for hydroxylation is 2. The molecule has 0 amide bonds. The first-order valence-corrected chi connectivity index (χ1v) is 7.76. The van der Waals surface area contributed by atoms with E-state index in [1.165, 1.54) is 0 Å². The summed E-state index contributed by atoms with van der Waals surface area (Å²) in [6.45, 7) is 9.70. The van der Waals surface area contributed by atoms with E-state index in [1.54, 1.807) is 0 Å². The summed E-state index contributed by atoms with van der Waals surface area (Å²) in [5, 5.41) is 6.73. The average molecular weight is 300 g/mol. The van der Waals surface area contributed by atoms with Crippen LogP contribution < -0.4 is 22.1 Å². The van der Waals surface area contributed by atoms with Crippen LogP contribution in [-0.2, 0) is 0 Å². The molecule has 0 heterocycles. The predicted molar refractivity (Wildman–Crippen MR) is 99.5 cm³/mol. The van der Waals surface area contributed by atoms with Gasteiger partial charge in [-0.05, 0) is 61.4 Å². The van der Waals surface area contributed by atoms with Crippen molar-refractivity contribution in [2.24, 2.45) is 0 Å². The molecule has 0 fully saturated rings. The molecule has 0 atom stereocenters. The van der Waals surface area contributed by atoms with Crippen molar-refractivity contribution in [3.8, 4) is 0 Å². The Bertz CT molecular complexity index is 540. The van der Waals surface area contributed by atoms with Crippen LogP contribution in [0.2, 0.25) is 0 Å². The van der Waals surface area contributed by atoms with E-state index in [4.69, 9.17) is 11.5 Å². The van der Waals surface area contributed by atoms with Crippen molar-refractivity contribution in [2.45, 2.75) is 27.7 Å². The van der Waals surface area contributed by atoms with Gasteiger partial charge in [0, 0.05) is 35.8 Å². The van der Waals surface area contributed by atoms with E-state index in [0.717, 1.165) is 47.0 Å². The normalized spacial score (nSPS) is 9.64. The molecule has 0 bridgehead atoms. The quantitative estimate of drug-likeness (QED) is 0.497. The zero-order chi connectivity index (χ0) is 16.5. The molecule has 120 valence electrons. The van der Waals surface area contributed by atoms with Crippen LogP contribution in [0.3, 0.4) is 0 Å². The molecule has 0 aliphatic heterocycles. The zero-order valence-corrected chi connectivity index (χ0v) is 14.0. The van der Waals surface area contributed by atoms with Crippen molar-refractivity contribution < 1.29 is 0 Å². The Morgan fingerprint density at radius 2 is 1.09 bits per heavy atom. The van der Waals surface area contributed by atoms with Gasteiger partial charge >= 0.3 is 0 Å². The molecule has 6 N–H and O–H groups in total. The van der Waals surface area contributed by atoms with Crippen molar-refractivity contribution in [3.63, 3.8) is 0 Å². The number of nitrogens with one attached hydrogen (secondary N) is 2. The molecule has 4 heteroatoms. The van der Waals surface area contributed by atoms with Crippen molar-refractivity contribution >= 4 is 22.7 Å². The summed E-state index contributed by atoms with van der Waals surface area (Å²) in [5.41, 5.74) is 17.6. The van der Waals surface area contributed by atoms with E-state index in [-0.39, 0.29) is 0 Å². The fourth-order valence-corrected chi connectivity index (χ4v) is 1.98. The third-order valence-corrected chi connectivity index (χ3v) is 3.32. The molecule has 2 aromatic carbocycles. The summed E-state index contributed by atoms with van der Waals surface area (Å²) in [6.07, 6.45) is 0. The molecule has 0 spiro atoms. The molecule has 0 saturated carbocycles. The lowest BCUT2D eigenvalue weighted by Gasteiger charge is -2.11. The molecule has 0 aliphatic carbocycles. The molecular formula is C18H28N4. The highest BCUT2D eigenvalue weighted by molar-refractivity contribution is 5.58. The Morgan fingerprint density at radius 1 is 0.727 bits per heavy atom. The number of hydrogen-bond donors (Lipinski definition) is 4. The van der Waals surface area contributed by atoms with E-state index in [2.05, 4.69) is 22.8 Å². The summed E-state index contributed by atoms with van der Waals surface area (Å²) in [6, 6.07) is 12.0. The van der Waals surface area contributed by atoms with Gasteiger partial charge in [-0.25, -0.2) is 0 Å². The maximum atomic E-state index is 5.80. The molecular weight excluding hydrogens is 272 g/mol. The maximum Gasteiger partial charge on any atom is 0.0345 e. The Kier molecular flexibility index (Phi) is 7.09. The van der Waals surface area contributed by atoms with Gasteiger partial charge in [0.1, 0.15) is 0 Å². The fourth-order valence-electron chi connectivity index (χ4n) is 1.98. The van der Waals surface area contributed by atoms with Crippen LogP contribution in [0.4, 0.5) is 22.7 Å². The highest BCUT2D eigenvalue weighted by Crippen LogP contribution is 2.17. The second kappa shape index (κ2) is 8.82. The van der Waals surface area contributed by atoms with Crippen LogP contribution in [0.25, 0.3) is 0 Å². The molecule has 0 radical (unpaired) electrons. The summed E-state index contributed by atoms with van der Waals surface area (Å²) < 4.78 is 0. The van der Waals surface area contributed by atoms with Gasteiger partial charge in [-0.3, -0.25) is 0 Å². The van der Waals surface area contributed by atoms with E-state index in [1.807, 2.05) is 52.0 Å². The van der Waals surface area contributed by atoms with Gasteiger partial charge in [0.15, 0.2) is 0 Å². The van der Waals surface area contributed by atoms with Crippen molar-refractivity contribution in [1.29, 1.82) is 0 Å². The topological polar surface area (TPSA) is 76.1 Å². The smallest absolute Gasteiger partial charge is 0.0345 e. The van der Waals surface area contributed by atoms with Crippen LogP contribution in [-0.4, -0.2) is 13.1 Å². The Morgan fingerprint density at radius 3 is 1.41 bits per heavy atom. The summed E-state index contributed by atoms with van der Waals surface area (Å²) in [5.74, 6) is 0. The van der Waals surface area contributed by atoms with Gasteiger partial charge in [0.05, 0.1) is 0 Å². The lowest BCUT2D eigenvalue weighted by atomic mass is 10.2. The molecule has 2 aromatic rings. The van der Waals surface area contributed by atoms with Gasteiger partial charge in [0.2, 0.25) is 0 Å². The SMILES string of the molecule is CC.Cc1cc(NCCNc2ccc(N)c(C)c2)ccc1N. The second-order valence-electron chi connectivity index (χ2n) is 5.00. The highest BCUT2D eigenvalue weighted by Gasteiger charge is 1.98. The lowest BCUT2D eigenvalue weighted by molar-refractivity contribution is 1.08. The summed E-state index contributed by atoms with van der Waals surface area (Å²) in [7, 11) is 0. The number of hydrogen-bond acceptors (Lipinski definition) is 4. The van der Waals surface area contributed by atoms with E-state index < -0.39 is 0 Å². The van der Waals surface area contributed by atoms with Crippen LogP contribution in [0.1, 0.15) is 25.0 Å². The van der Waals surface area contributed by atoms with Gasteiger partial charge < -0.3 is 22.1 Å². The molecule has 22 heavy (non-hydrogen) atoms. The van der Waals surface area contributed by atoms with Gasteiger partial charge in [-0.2, -0.15) is 0 Å². The predicted octanol–water partition coefficient (Wildman–Crippen LogP) is 4.02. The number of nitrogen functional groups attached to an aromatic ring is 2. The molecule has 0 unspecified atom stereocenters. The first-order valence-electron chi connectivity index (χ1n) is 7.76. The number of anilines is 4. The van der Waals surface area contributed by atoms with Gasteiger partial charge in [-0.15, -0.1) is 0 Å². The monoisotopic (exact) mass is 300 g/mol. The zero-order valence-electron chi connectivity index (χ0n) is 14.0. The Labute approximate surface area is 133 Å². The number of benzene rings is 2. The minimum atomic E-state index is 0.825. The third kappa shape index (κ3) is 5.20. The molecule has 0 aromatic heterocycles. The fraction of sp³-hybridized carbons (Fsp3) is 0.333. The minimum Gasteiger partial charge on any atom is -0.399 e. The highest BCUT2D eigenvalue weighted by atomic mass is 14.9. The maximum absolute atomic E-state index is 5.80. The van der Waals surface area contributed by atoms with E-state index in [0.29, 0.717) is 0 Å². The molecule has 2 rings (SSSR count). The van der Waals surface area contributed by atoms with Crippen LogP contribution in [0, 0.1) is 13.8 Å². The lowest BCUT2D eigenvalue weighted by Crippen LogP contribution is -2.13. The van der Waals surface area contributed by atoms with Crippen molar-refractivity contribution in [2.75, 3.05) is 35.2 Å². The van der Waals surface area contributed by atoms with Crippen LogP contribution in [0.15, 0.2) is 36.4 Å². The number of rotatable bonds is 5. The van der Waals surface area contributed by atoms with Crippen LogP contribution in [0.5, 0.6) is 0 Å². The molecule has 4 nitrogen and oxygen atoms in total. The van der Waals surface area contributed by atoms with Gasteiger partial charge in [-0.1, -0.05) is 13.8 Å². The van der Waals surface area contributed by atoms with E-state index in [9.17, 15) is 0 Å². The number of nitrogens with two attached hydrogens (primary N) is 2. The Balaban J connectivity index is 0.00000116. The molecule has 0 saturated heterocycles. The molecule has 0 aliphatic rings. The standard InChI is InChI=1S/C16H22N4.C2H6/c1-11-9-13(3-5-15(11)17)19-7-8-20-14-4-6-16(18)12(2)10-14;1-2/h3-6,9-10,19-20H,7-8,17-18H2,1-2H3;1-2H3. The van der Waals surface area contributed by atoms with Crippen molar-refractivity contribution in [1.82, 2.24) is 0 Å². The van der Waals surface area contributed by atoms with Crippen LogP contribution >= 0.6 is 0 Å². The first kappa shape index (κ1) is 17.7. The average Bonchev–Trinajstić information content (AvgIpc) is 2.52. The van der Waals surface area contributed by atoms with Crippen molar-refractivity contribution in [3.05, 3.63) is 47.5 Å². The summed E-state index contributed by atoms with van der Waals surface area (Å²) in [4.78, 5) is 0. The third-order valence-electron chi connectivity index (χ3n) is 3.32. The van der Waals surface area contributed by atoms with E-state index >= 15 is 0 Å². The second-order valence-corrected chi connectivity index (χ2v) is 5.00. The first-order chi connectivity index (χ1) is 10.6. The minimum absolute atomic E-state index is 0.825. The summed E-state index contributed by atoms with van der Waals surface area (Å²) >= 11 is 0. The largest absolute Gasteiger partial charge is 0.399 e. The van der Waals surface area contributed by atoms with Gasteiger partial charge in [0.25, 0.3) is 0 Å². The Hall–Kier alpha value is -2.36.